The monoisotopic (exact) mass is 294 g/mol. The molecular weight excluding hydrogens is 268 g/mol. The van der Waals surface area contributed by atoms with Crippen LogP contribution in [0.15, 0.2) is 18.2 Å². The minimum Gasteiger partial charge on any atom is -0.497 e. The minimum absolute atomic E-state index is 0.179. The number of methoxy groups -OCH3 is 3. The summed E-state index contributed by atoms with van der Waals surface area (Å²) < 4.78 is 16.2. The number of rotatable bonds is 6. The highest BCUT2D eigenvalue weighted by molar-refractivity contribution is 5.39. The van der Waals surface area contributed by atoms with E-state index >= 15 is 0 Å². The highest BCUT2D eigenvalue weighted by Gasteiger charge is 2.31. The van der Waals surface area contributed by atoms with E-state index in [1.807, 2.05) is 12.1 Å². The van der Waals surface area contributed by atoms with Gasteiger partial charge in [-0.1, -0.05) is 19.3 Å². The number of hydrogen-bond acceptors (Lipinski definition) is 4. The van der Waals surface area contributed by atoms with Crippen molar-refractivity contribution in [2.24, 2.45) is 5.92 Å². The van der Waals surface area contributed by atoms with E-state index in [0.29, 0.717) is 17.4 Å². The third-order valence-corrected chi connectivity index (χ3v) is 4.41. The SMILES string of the molecule is COc1cc(OC)cc(C(O)C(OC)C2CCCCC2)c1. The van der Waals surface area contributed by atoms with Crippen molar-refractivity contribution < 1.29 is 19.3 Å². The Balaban J connectivity index is 2.21. The summed E-state index contributed by atoms with van der Waals surface area (Å²) >= 11 is 0. The highest BCUT2D eigenvalue weighted by Crippen LogP contribution is 2.36. The maximum Gasteiger partial charge on any atom is 0.122 e. The molecule has 1 saturated carbocycles. The maximum absolute atomic E-state index is 10.7. The van der Waals surface area contributed by atoms with Gasteiger partial charge in [0.2, 0.25) is 0 Å². The van der Waals surface area contributed by atoms with Crippen molar-refractivity contribution in [1.82, 2.24) is 0 Å². The molecule has 0 heterocycles. The van der Waals surface area contributed by atoms with Crippen LogP contribution in [0.25, 0.3) is 0 Å². The molecule has 1 N–H and O–H groups in total. The topological polar surface area (TPSA) is 47.9 Å². The molecule has 2 rings (SSSR count). The van der Waals surface area contributed by atoms with Gasteiger partial charge in [-0.15, -0.1) is 0 Å². The summed E-state index contributed by atoms with van der Waals surface area (Å²) in [6.45, 7) is 0. The first-order valence-electron chi connectivity index (χ1n) is 7.63. The molecule has 1 aliphatic rings. The third-order valence-electron chi connectivity index (χ3n) is 4.41. The predicted octanol–water partition coefficient (Wildman–Crippen LogP) is 3.33. The van der Waals surface area contributed by atoms with Gasteiger partial charge in [0.1, 0.15) is 17.6 Å². The molecule has 0 aromatic heterocycles. The van der Waals surface area contributed by atoms with Gasteiger partial charge in [0.05, 0.1) is 20.3 Å². The number of hydrogen-bond donors (Lipinski definition) is 1. The molecule has 0 radical (unpaired) electrons. The van der Waals surface area contributed by atoms with Crippen LogP contribution in [0.1, 0.15) is 43.8 Å². The lowest BCUT2D eigenvalue weighted by Gasteiger charge is -2.32. The molecule has 1 fully saturated rings. The van der Waals surface area contributed by atoms with Crippen LogP contribution < -0.4 is 9.47 Å². The number of benzene rings is 1. The summed E-state index contributed by atoms with van der Waals surface area (Å²) in [6.07, 6.45) is 5.13. The van der Waals surface area contributed by atoms with E-state index < -0.39 is 6.10 Å². The number of ether oxygens (including phenoxy) is 3. The molecule has 2 atom stereocenters. The summed E-state index contributed by atoms with van der Waals surface area (Å²) in [5, 5.41) is 10.7. The summed E-state index contributed by atoms with van der Waals surface area (Å²) in [5.41, 5.74) is 0.781. The van der Waals surface area contributed by atoms with Crippen molar-refractivity contribution in [2.45, 2.75) is 44.3 Å². The van der Waals surface area contributed by atoms with Crippen LogP contribution in [0.5, 0.6) is 11.5 Å². The first-order chi connectivity index (χ1) is 10.2. The number of aliphatic hydroxyl groups excluding tert-OH is 1. The smallest absolute Gasteiger partial charge is 0.122 e. The average molecular weight is 294 g/mol. The van der Waals surface area contributed by atoms with Crippen LogP contribution in [0.4, 0.5) is 0 Å². The fourth-order valence-electron chi connectivity index (χ4n) is 3.23. The first kappa shape index (κ1) is 16.1. The van der Waals surface area contributed by atoms with Crippen LogP contribution in [0.2, 0.25) is 0 Å². The normalized spacial score (nSPS) is 19.0. The molecule has 21 heavy (non-hydrogen) atoms. The largest absolute Gasteiger partial charge is 0.497 e. The first-order valence-corrected chi connectivity index (χ1v) is 7.63. The van der Waals surface area contributed by atoms with Gasteiger partial charge >= 0.3 is 0 Å². The van der Waals surface area contributed by atoms with Gasteiger partial charge in [0.25, 0.3) is 0 Å². The molecule has 0 bridgehead atoms. The van der Waals surface area contributed by atoms with Gasteiger partial charge in [-0.05, 0) is 36.5 Å². The van der Waals surface area contributed by atoms with Gasteiger partial charge in [0, 0.05) is 13.2 Å². The Morgan fingerprint density at radius 1 is 0.952 bits per heavy atom. The van der Waals surface area contributed by atoms with Crippen LogP contribution in [-0.4, -0.2) is 32.5 Å². The molecule has 118 valence electrons. The zero-order valence-corrected chi connectivity index (χ0v) is 13.2. The van der Waals surface area contributed by atoms with Gasteiger partial charge < -0.3 is 19.3 Å². The van der Waals surface area contributed by atoms with E-state index in [2.05, 4.69) is 0 Å². The summed E-state index contributed by atoms with van der Waals surface area (Å²) in [4.78, 5) is 0. The quantitative estimate of drug-likeness (QED) is 0.874. The molecule has 4 nitrogen and oxygen atoms in total. The average Bonchev–Trinajstić information content (AvgIpc) is 2.55. The van der Waals surface area contributed by atoms with Crippen LogP contribution in [-0.2, 0) is 4.74 Å². The van der Waals surface area contributed by atoms with Crippen LogP contribution >= 0.6 is 0 Å². The van der Waals surface area contributed by atoms with Crippen molar-refractivity contribution in [1.29, 1.82) is 0 Å². The van der Waals surface area contributed by atoms with E-state index in [4.69, 9.17) is 14.2 Å². The molecule has 0 spiro atoms. The van der Waals surface area contributed by atoms with Gasteiger partial charge in [-0.2, -0.15) is 0 Å². The Bertz CT molecular complexity index is 418. The molecule has 0 aliphatic heterocycles. The second kappa shape index (κ2) is 7.66. The van der Waals surface area contributed by atoms with E-state index in [9.17, 15) is 5.11 Å². The van der Waals surface area contributed by atoms with E-state index in [1.165, 1.54) is 19.3 Å². The molecule has 1 aromatic carbocycles. The van der Waals surface area contributed by atoms with Crippen molar-refractivity contribution in [3.63, 3.8) is 0 Å². The van der Waals surface area contributed by atoms with Crippen LogP contribution in [0, 0.1) is 5.92 Å². The molecule has 2 unspecified atom stereocenters. The zero-order chi connectivity index (χ0) is 15.2. The fraction of sp³-hybridized carbons (Fsp3) is 0.647. The Labute approximate surface area is 127 Å². The van der Waals surface area contributed by atoms with Crippen LogP contribution in [0.3, 0.4) is 0 Å². The number of aliphatic hydroxyl groups is 1. The van der Waals surface area contributed by atoms with E-state index in [1.54, 1.807) is 27.4 Å². The van der Waals surface area contributed by atoms with E-state index in [0.717, 1.165) is 18.4 Å². The molecule has 1 aromatic rings. The molecule has 0 saturated heterocycles. The van der Waals surface area contributed by atoms with Gasteiger partial charge in [0.15, 0.2) is 0 Å². The molecule has 0 amide bonds. The Kier molecular flexibility index (Phi) is 5.88. The summed E-state index contributed by atoms with van der Waals surface area (Å²) in [7, 11) is 4.90. The molecule has 4 heteroatoms. The third kappa shape index (κ3) is 3.89. The van der Waals surface area contributed by atoms with Crippen molar-refractivity contribution in [3.05, 3.63) is 23.8 Å². The predicted molar refractivity (Wildman–Crippen MR) is 81.9 cm³/mol. The fourth-order valence-corrected chi connectivity index (χ4v) is 3.23. The second-order valence-electron chi connectivity index (χ2n) is 5.69. The van der Waals surface area contributed by atoms with Crippen molar-refractivity contribution in [3.8, 4) is 11.5 Å². The summed E-state index contributed by atoms with van der Waals surface area (Å²) in [6, 6.07) is 5.50. The Hall–Kier alpha value is -1.26. The van der Waals surface area contributed by atoms with E-state index in [-0.39, 0.29) is 6.10 Å². The highest BCUT2D eigenvalue weighted by atomic mass is 16.5. The minimum atomic E-state index is -0.665. The van der Waals surface area contributed by atoms with Gasteiger partial charge in [-0.25, -0.2) is 0 Å². The molecular formula is C17H26O4. The standard InChI is InChI=1S/C17H26O4/c1-19-14-9-13(10-15(11-14)20-2)16(18)17(21-3)12-7-5-4-6-8-12/h9-12,16-18H,4-8H2,1-3H3. The second-order valence-corrected chi connectivity index (χ2v) is 5.69. The lowest BCUT2D eigenvalue weighted by molar-refractivity contribution is -0.0560. The lowest BCUT2D eigenvalue weighted by Crippen LogP contribution is -2.31. The maximum atomic E-state index is 10.7. The lowest BCUT2D eigenvalue weighted by atomic mass is 9.82. The van der Waals surface area contributed by atoms with Gasteiger partial charge in [-0.3, -0.25) is 0 Å². The Morgan fingerprint density at radius 2 is 1.52 bits per heavy atom. The zero-order valence-electron chi connectivity index (χ0n) is 13.2. The van der Waals surface area contributed by atoms with Crippen molar-refractivity contribution >= 4 is 0 Å². The van der Waals surface area contributed by atoms with Crippen molar-refractivity contribution in [2.75, 3.05) is 21.3 Å². The molecule has 1 aliphatic carbocycles. The Morgan fingerprint density at radius 3 is 2.00 bits per heavy atom. The summed E-state index contributed by atoms with van der Waals surface area (Å²) in [5.74, 6) is 1.78.